The fourth-order valence-electron chi connectivity index (χ4n) is 2.34. The third kappa shape index (κ3) is 3.33. The Kier molecular flexibility index (Phi) is 3.78. The summed E-state index contributed by atoms with van der Waals surface area (Å²) in [6.07, 6.45) is 3.67. The summed E-state index contributed by atoms with van der Waals surface area (Å²) in [5.41, 5.74) is 5.53. The molecule has 2 aliphatic rings. The van der Waals surface area contributed by atoms with Crippen LogP contribution in [0.4, 0.5) is 5.82 Å². The van der Waals surface area contributed by atoms with Crippen molar-refractivity contribution in [3.63, 3.8) is 0 Å². The summed E-state index contributed by atoms with van der Waals surface area (Å²) in [4.78, 5) is 26.1. The van der Waals surface area contributed by atoms with Crippen LogP contribution >= 0.6 is 0 Å². The first-order valence-corrected chi connectivity index (χ1v) is 7.10. The number of carbonyl (C=O) groups is 2. The highest BCUT2D eigenvalue weighted by Gasteiger charge is 2.35. The second kappa shape index (κ2) is 5.72. The molecule has 2 amide bonds. The molecule has 1 aliphatic heterocycles. The summed E-state index contributed by atoms with van der Waals surface area (Å²) >= 11 is 0. The molecule has 114 valence electrons. The number of rotatable bonds is 4. The summed E-state index contributed by atoms with van der Waals surface area (Å²) in [5, 5.41) is 6.91. The van der Waals surface area contributed by atoms with Crippen molar-refractivity contribution in [1.29, 1.82) is 0 Å². The number of morpholine rings is 1. The van der Waals surface area contributed by atoms with Crippen molar-refractivity contribution >= 4 is 17.6 Å². The highest BCUT2D eigenvalue weighted by molar-refractivity contribution is 5.88. The third-order valence-electron chi connectivity index (χ3n) is 3.63. The Morgan fingerprint density at radius 1 is 1.48 bits per heavy atom. The number of nitrogens with one attached hydrogen (secondary N) is 1. The van der Waals surface area contributed by atoms with Gasteiger partial charge in [0.1, 0.15) is 18.4 Å². The molecular weight excluding hydrogens is 274 g/mol. The van der Waals surface area contributed by atoms with Crippen LogP contribution in [0.15, 0.2) is 12.3 Å². The van der Waals surface area contributed by atoms with Gasteiger partial charge in [-0.05, 0) is 18.9 Å². The number of nitrogens with two attached hydrogens (primary N) is 1. The van der Waals surface area contributed by atoms with Gasteiger partial charge >= 0.3 is 0 Å². The minimum Gasteiger partial charge on any atom is -0.382 e. The number of ether oxygens (including phenoxy) is 1. The molecule has 0 radical (unpaired) electrons. The average Bonchev–Trinajstić information content (AvgIpc) is 3.20. The Morgan fingerprint density at radius 2 is 2.29 bits per heavy atom. The van der Waals surface area contributed by atoms with E-state index in [1.807, 2.05) is 0 Å². The molecule has 0 aromatic carbocycles. The maximum Gasteiger partial charge on any atom is 0.245 e. The zero-order chi connectivity index (χ0) is 14.8. The molecule has 1 saturated carbocycles. The summed E-state index contributed by atoms with van der Waals surface area (Å²) < 4.78 is 6.82. The maximum atomic E-state index is 12.4. The number of hydrogen-bond acceptors (Lipinski definition) is 5. The highest BCUT2D eigenvalue weighted by atomic mass is 16.5. The van der Waals surface area contributed by atoms with Gasteiger partial charge in [0.05, 0.1) is 13.2 Å². The lowest BCUT2D eigenvalue weighted by Crippen LogP contribution is -2.56. The molecule has 8 heteroatoms. The van der Waals surface area contributed by atoms with Gasteiger partial charge < -0.3 is 20.7 Å². The molecule has 1 aliphatic carbocycles. The van der Waals surface area contributed by atoms with Gasteiger partial charge in [-0.25, -0.2) is 0 Å². The maximum absolute atomic E-state index is 12.4. The van der Waals surface area contributed by atoms with Crippen molar-refractivity contribution in [2.45, 2.75) is 31.5 Å². The van der Waals surface area contributed by atoms with Crippen LogP contribution in [-0.2, 0) is 20.9 Å². The van der Waals surface area contributed by atoms with E-state index >= 15 is 0 Å². The SMILES string of the molecule is Nc1ccn(CC(=O)N2CCOCC2C(=O)NC2CC2)n1. The van der Waals surface area contributed by atoms with Gasteiger partial charge in [-0.1, -0.05) is 0 Å². The zero-order valence-electron chi connectivity index (χ0n) is 11.7. The van der Waals surface area contributed by atoms with E-state index in [-0.39, 0.29) is 31.0 Å². The van der Waals surface area contributed by atoms with Crippen LogP contribution in [0.3, 0.4) is 0 Å². The Balaban J connectivity index is 1.64. The van der Waals surface area contributed by atoms with E-state index in [1.54, 1.807) is 17.2 Å². The van der Waals surface area contributed by atoms with Crippen LogP contribution in [0.2, 0.25) is 0 Å². The number of anilines is 1. The summed E-state index contributed by atoms with van der Waals surface area (Å²) in [5.74, 6) is 0.0793. The summed E-state index contributed by atoms with van der Waals surface area (Å²) in [6.45, 7) is 1.18. The lowest BCUT2D eigenvalue weighted by atomic mass is 10.2. The molecule has 21 heavy (non-hydrogen) atoms. The minimum atomic E-state index is -0.556. The number of amides is 2. The molecule has 1 unspecified atom stereocenters. The van der Waals surface area contributed by atoms with Crippen molar-refractivity contribution in [2.24, 2.45) is 0 Å². The molecule has 1 aromatic heterocycles. The predicted octanol–water partition coefficient (Wildman–Crippen LogP) is -1.03. The molecule has 2 heterocycles. The quantitative estimate of drug-likeness (QED) is 0.739. The van der Waals surface area contributed by atoms with Crippen molar-refractivity contribution in [3.8, 4) is 0 Å². The van der Waals surface area contributed by atoms with Gasteiger partial charge in [-0.2, -0.15) is 5.10 Å². The van der Waals surface area contributed by atoms with Crippen LogP contribution in [0.5, 0.6) is 0 Å². The summed E-state index contributed by atoms with van der Waals surface area (Å²) in [6, 6.07) is 1.34. The van der Waals surface area contributed by atoms with Gasteiger partial charge in [0.25, 0.3) is 0 Å². The van der Waals surface area contributed by atoms with E-state index < -0.39 is 6.04 Å². The van der Waals surface area contributed by atoms with E-state index in [0.29, 0.717) is 19.0 Å². The molecule has 0 bridgehead atoms. The largest absolute Gasteiger partial charge is 0.382 e. The van der Waals surface area contributed by atoms with E-state index in [4.69, 9.17) is 10.5 Å². The van der Waals surface area contributed by atoms with Crippen LogP contribution in [-0.4, -0.2) is 58.3 Å². The monoisotopic (exact) mass is 293 g/mol. The van der Waals surface area contributed by atoms with Gasteiger partial charge in [0.2, 0.25) is 11.8 Å². The Morgan fingerprint density at radius 3 is 2.95 bits per heavy atom. The van der Waals surface area contributed by atoms with Gasteiger partial charge in [-0.15, -0.1) is 0 Å². The smallest absolute Gasteiger partial charge is 0.245 e. The average molecular weight is 293 g/mol. The van der Waals surface area contributed by atoms with Gasteiger partial charge in [-0.3, -0.25) is 14.3 Å². The first-order chi connectivity index (χ1) is 10.1. The number of nitrogens with zero attached hydrogens (tertiary/aromatic N) is 3. The fourth-order valence-corrected chi connectivity index (χ4v) is 2.34. The van der Waals surface area contributed by atoms with Crippen LogP contribution in [0.25, 0.3) is 0 Å². The molecule has 1 atom stereocenters. The minimum absolute atomic E-state index is 0.0738. The van der Waals surface area contributed by atoms with Gasteiger partial charge in [0.15, 0.2) is 0 Å². The van der Waals surface area contributed by atoms with Crippen molar-refractivity contribution in [2.75, 3.05) is 25.5 Å². The number of aromatic nitrogens is 2. The second-order valence-corrected chi connectivity index (χ2v) is 5.40. The molecule has 3 N–H and O–H groups in total. The van der Waals surface area contributed by atoms with Crippen LogP contribution in [0.1, 0.15) is 12.8 Å². The second-order valence-electron chi connectivity index (χ2n) is 5.40. The molecular formula is C13H19N5O3. The Bertz CT molecular complexity index is 540. The number of carbonyl (C=O) groups excluding carboxylic acids is 2. The van der Waals surface area contributed by atoms with Crippen molar-refractivity contribution in [1.82, 2.24) is 20.0 Å². The van der Waals surface area contributed by atoms with E-state index in [9.17, 15) is 9.59 Å². The molecule has 1 saturated heterocycles. The summed E-state index contributed by atoms with van der Waals surface area (Å²) in [7, 11) is 0. The molecule has 0 spiro atoms. The lowest BCUT2D eigenvalue weighted by molar-refractivity contribution is -0.149. The van der Waals surface area contributed by atoms with Crippen molar-refractivity contribution < 1.29 is 14.3 Å². The number of nitrogen functional groups attached to an aromatic ring is 1. The molecule has 8 nitrogen and oxygen atoms in total. The fraction of sp³-hybridized carbons (Fsp3) is 0.615. The molecule has 1 aromatic rings. The standard InChI is InChI=1S/C13H19N5O3/c14-11-3-4-17(16-11)7-12(19)18-5-6-21-8-10(18)13(20)15-9-1-2-9/h3-4,9-10H,1-2,5-8H2,(H2,14,16)(H,15,20). The van der Waals surface area contributed by atoms with Crippen molar-refractivity contribution in [3.05, 3.63) is 12.3 Å². The first-order valence-electron chi connectivity index (χ1n) is 7.10. The Labute approximate surface area is 122 Å². The molecule has 3 rings (SSSR count). The van der Waals surface area contributed by atoms with Crippen LogP contribution in [0, 0.1) is 0 Å². The zero-order valence-corrected chi connectivity index (χ0v) is 11.7. The normalized spacial score (nSPS) is 22.1. The lowest BCUT2D eigenvalue weighted by Gasteiger charge is -2.34. The van der Waals surface area contributed by atoms with E-state index in [2.05, 4.69) is 10.4 Å². The molecule has 2 fully saturated rings. The van der Waals surface area contributed by atoms with E-state index in [1.165, 1.54) is 4.68 Å². The highest BCUT2D eigenvalue weighted by Crippen LogP contribution is 2.19. The topological polar surface area (TPSA) is 102 Å². The first kappa shape index (κ1) is 13.9. The predicted molar refractivity (Wildman–Crippen MR) is 74.1 cm³/mol. The van der Waals surface area contributed by atoms with E-state index in [0.717, 1.165) is 12.8 Å². The Hall–Kier alpha value is -2.09. The van der Waals surface area contributed by atoms with Gasteiger partial charge in [0, 0.05) is 18.8 Å². The third-order valence-corrected chi connectivity index (χ3v) is 3.63. The number of hydrogen-bond donors (Lipinski definition) is 2. The van der Waals surface area contributed by atoms with Crippen LogP contribution < -0.4 is 11.1 Å².